The Bertz CT molecular complexity index is 698. The van der Waals surface area contributed by atoms with Gasteiger partial charge < -0.3 is 15.5 Å². The van der Waals surface area contributed by atoms with Gasteiger partial charge in [-0.05, 0) is 11.4 Å². The molecule has 0 aromatic carbocycles. The van der Waals surface area contributed by atoms with Crippen LogP contribution < -0.4 is 5.73 Å². The van der Waals surface area contributed by atoms with Crippen LogP contribution in [0.5, 0.6) is 0 Å². The number of carbonyl (C=O) groups excluding carboxylic acids is 2. The molecule has 1 saturated heterocycles. The molecule has 2 amide bonds. The fourth-order valence-corrected chi connectivity index (χ4v) is 2.86. The van der Waals surface area contributed by atoms with Crippen molar-refractivity contribution in [2.45, 2.75) is 6.54 Å². The number of nitrogens with two attached hydrogens (primary N) is 1. The van der Waals surface area contributed by atoms with Crippen LogP contribution in [-0.4, -0.2) is 51.7 Å². The van der Waals surface area contributed by atoms with Gasteiger partial charge in [0, 0.05) is 7.05 Å². The van der Waals surface area contributed by atoms with Crippen LogP contribution in [0, 0.1) is 0 Å². The highest BCUT2D eigenvalue weighted by molar-refractivity contribution is 7.16. The number of likely N-dealkylation sites (N-methyl/N-ethyl adjacent to an activating group) is 1. The first-order valence-electron chi connectivity index (χ1n) is 6.06. The second-order valence-electron chi connectivity index (χ2n) is 4.66. The van der Waals surface area contributed by atoms with E-state index in [2.05, 4.69) is 9.97 Å². The zero-order valence-electron chi connectivity index (χ0n) is 10.9. The van der Waals surface area contributed by atoms with Crippen LogP contribution in [0.4, 0.5) is 5.82 Å². The van der Waals surface area contributed by atoms with E-state index in [0.717, 1.165) is 10.2 Å². The van der Waals surface area contributed by atoms with E-state index in [0.29, 0.717) is 11.6 Å². The molecule has 3 rings (SSSR count). The Morgan fingerprint density at radius 3 is 2.90 bits per heavy atom. The number of nitrogen functional groups attached to an aromatic ring is 1. The number of carbonyl (C=O) groups is 2. The van der Waals surface area contributed by atoms with Crippen molar-refractivity contribution in [2.24, 2.45) is 0 Å². The van der Waals surface area contributed by atoms with E-state index in [1.54, 1.807) is 7.05 Å². The number of anilines is 1. The van der Waals surface area contributed by atoms with E-state index < -0.39 is 0 Å². The highest BCUT2D eigenvalue weighted by Gasteiger charge is 2.28. The molecule has 0 bridgehead atoms. The molecule has 8 heteroatoms. The predicted octanol–water partition coefficient (Wildman–Crippen LogP) is 0.0741. The van der Waals surface area contributed by atoms with Crippen molar-refractivity contribution in [1.29, 1.82) is 0 Å². The maximum Gasteiger partial charge on any atom is 0.243 e. The predicted molar refractivity (Wildman–Crippen MR) is 74.9 cm³/mol. The number of hydrogen-bond donors (Lipinski definition) is 1. The quantitative estimate of drug-likeness (QED) is 0.845. The van der Waals surface area contributed by atoms with Gasteiger partial charge in [-0.2, -0.15) is 0 Å². The normalized spacial score (nSPS) is 16.2. The average molecular weight is 291 g/mol. The molecule has 0 saturated carbocycles. The molecule has 3 heterocycles. The van der Waals surface area contributed by atoms with E-state index in [-0.39, 0.29) is 31.4 Å². The highest BCUT2D eigenvalue weighted by atomic mass is 32.1. The summed E-state index contributed by atoms with van der Waals surface area (Å²) in [6, 6.07) is 1.86. The first kappa shape index (κ1) is 12.8. The number of piperazine rings is 1. The molecular weight excluding hydrogens is 278 g/mol. The number of amides is 2. The molecule has 1 aliphatic heterocycles. The van der Waals surface area contributed by atoms with Crippen LogP contribution in [0.3, 0.4) is 0 Å². The summed E-state index contributed by atoms with van der Waals surface area (Å²) < 4.78 is 0. The van der Waals surface area contributed by atoms with Gasteiger partial charge in [0.05, 0.1) is 18.5 Å². The van der Waals surface area contributed by atoms with Crippen molar-refractivity contribution in [3.8, 4) is 0 Å². The van der Waals surface area contributed by atoms with Crippen molar-refractivity contribution in [3.05, 3.63) is 17.3 Å². The second kappa shape index (κ2) is 4.71. The van der Waals surface area contributed by atoms with Crippen molar-refractivity contribution in [1.82, 2.24) is 19.8 Å². The Labute approximate surface area is 119 Å². The van der Waals surface area contributed by atoms with Gasteiger partial charge in [0.1, 0.15) is 17.2 Å². The second-order valence-corrected chi connectivity index (χ2v) is 5.56. The Morgan fingerprint density at radius 2 is 2.10 bits per heavy atom. The van der Waals surface area contributed by atoms with Crippen LogP contribution in [0.1, 0.15) is 5.82 Å². The summed E-state index contributed by atoms with van der Waals surface area (Å²) in [6.45, 7) is 0.354. The first-order chi connectivity index (χ1) is 9.54. The Morgan fingerprint density at radius 1 is 1.30 bits per heavy atom. The highest BCUT2D eigenvalue weighted by Crippen LogP contribution is 2.23. The molecular formula is C12H13N5O2S. The van der Waals surface area contributed by atoms with E-state index in [4.69, 9.17) is 5.73 Å². The minimum absolute atomic E-state index is 0.0566. The third-order valence-corrected chi connectivity index (χ3v) is 4.02. The van der Waals surface area contributed by atoms with Crippen molar-refractivity contribution in [3.63, 3.8) is 0 Å². The summed E-state index contributed by atoms with van der Waals surface area (Å²) in [5.41, 5.74) is 5.87. The fourth-order valence-electron chi connectivity index (χ4n) is 2.07. The Balaban J connectivity index is 1.85. The number of aromatic nitrogens is 2. The molecule has 20 heavy (non-hydrogen) atoms. The average Bonchev–Trinajstić information content (AvgIpc) is 2.85. The third kappa shape index (κ3) is 2.18. The first-order valence-corrected chi connectivity index (χ1v) is 6.94. The molecule has 7 nitrogen and oxygen atoms in total. The van der Waals surface area contributed by atoms with Gasteiger partial charge in [0.25, 0.3) is 0 Å². The summed E-state index contributed by atoms with van der Waals surface area (Å²) >= 11 is 1.47. The van der Waals surface area contributed by atoms with Crippen molar-refractivity contribution >= 4 is 39.2 Å². The summed E-state index contributed by atoms with van der Waals surface area (Å²) in [6.07, 6.45) is 0. The lowest BCUT2D eigenvalue weighted by Crippen LogP contribution is -2.51. The summed E-state index contributed by atoms with van der Waals surface area (Å²) in [4.78, 5) is 35.8. The van der Waals surface area contributed by atoms with E-state index >= 15 is 0 Å². The maximum absolute atomic E-state index is 11.9. The largest absolute Gasteiger partial charge is 0.383 e. The molecule has 104 valence electrons. The van der Waals surface area contributed by atoms with Crippen LogP contribution in [0.15, 0.2) is 11.4 Å². The van der Waals surface area contributed by atoms with Gasteiger partial charge in [-0.3, -0.25) is 9.59 Å². The molecule has 0 atom stereocenters. The lowest BCUT2D eigenvalue weighted by Gasteiger charge is -2.31. The number of fused-ring (bicyclic) bond motifs is 1. The Hall–Kier alpha value is -2.22. The standard InChI is InChI=1S/C12H13N5O2S/c1-16-5-10(19)17(6-9(16)18)4-8-14-11(13)7-2-3-20-12(7)15-8/h2-3H,4-6H2,1H3,(H2,13,14,15). The van der Waals surface area contributed by atoms with Gasteiger partial charge in [0.2, 0.25) is 11.8 Å². The van der Waals surface area contributed by atoms with Crippen LogP contribution in [-0.2, 0) is 16.1 Å². The molecule has 2 aromatic heterocycles. The number of nitrogens with zero attached hydrogens (tertiary/aromatic N) is 4. The summed E-state index contributed by atoms with van der Waals surface area (Å²) in [7, 11) is 1.61. The van der Waals surface area contributed by atoms with Gasteiger partial charge in [-0.15, -0.1) is 11.3 Å². The molecule has 1 fully saturated rings. The number of rotatable bonds is 2. The summed E-state index contributed by atoms with van der Waals surface area (Å²) in [5.74, 6) is 0.664. The SMILES string of the molecule is CN1CC(=O)N(Cc2nc(N)c3ccsc3n2)CC1=O. The monoisotopic (exact) mass is 291 g/mol. The minimum atomic E-state index is -0.111. The van der Waals surface area contributed by atoms with E-state index in [9.17, 15) is 9.59 Å². The fraction of sp³-hybridized carbons (Fsp3) is 0.333. The zero-order valence-corrected chi connectivity index (χ0v) is 11.7. The molecule has 2 N–H and O–H groups in total. The van der Waals surface area contributed by atoms with Crippen LogP contribution in [0.2, 0.25) is 0 Å². The van der Waals surface area contributed by atoms with Crippen LogP contribution >= 0.6 is 11.3 Å². The van der Waals surface area contributed by atoms with E-state index in [1.807, 2.05) is 11.4 Å². The van der Waals surface area contributed by atoms with Crippen LogP contribution in [0.25, 0.3) is 10.2 Å². The van der Waals surface area contributed by atoms with E-state index in [1.165, 1.54) is 21.1 Å². The summed E-state index contributed by atoms with van der Waals surface area (Å²) in [5, 5.41) is 2.71. The van der Waals surface area contributed by atoms with Gasteiger partial charge in [0.15, 0.2) is 5.82 Å². The van der Waals surface area contributed by atoms with Gasteiger partial charge in [-0.25, -0.2) is 9.97 Å². The minimum Gasteiger partial charge on any atom is -0.383 e. The van der Waals surface area contributed by atoms with Gasteiger partial charge >= 0.3 is 0 Å². The Kier molecular flexibility index (Phi) is 3.01. The molecule has 2 aromatic rings. The lowest BCUT2D eigenvalue weighted by atomic mass is 10.3. The number of hydrogen-bond acceptors (Lipinski definition) is 6. The number of thiophene rings is 1. The third-order valence-electron chi connectivity index (χ3n) is 3.21. The molecule has 0 radical (unpaired) electrons. The molecule has 0 spiro atoms. The molecule has 1 aliphatic rings. The zero-order chi connectivity index (χ0) is 14.3. The maximum atomic E-state index is 11.9. The lowest BCUT2D eigenvalue weighted by molar-refractivity contribution is -0.149. The van der Waals surface area contributed by atoms with Crippen molar-refractivity contribution < 1.29 is 9.59 Å². The van der Waals surface area contributed by atoms with Gasteiger partial charge in [-0.1, -0.05) is 0 Å². The van der Waals surface area contributed by atoms with Crippen molar-refractivity contribution in [2.75, 3.05) is 25.9 Å². The smallest absolute Gasteiger partial charge is 0.243 e. The molecule has 0 unspecified atom stereocenters. The topological polar surface area (TPSA) is 92.4 Å². The molecule has 0 aliphatic carbocycles.